The van der Waals surface area contributed by atoms with Gasteiger partial charge in [0.15, 0.2) is 16.1 Å². The van der Waals surface area contributed by atoms with Crippen molar-refractivity contribution >= 4 is 33.4 Å². The van der Waals surface area contributed by atoms with Gasteiger partial charge in [0.05, 0.1) is 19.4 Å². The fourth-order valence-electron chi connectivity index (χ4n) is 3.63. The van der Waals surface area contributed by atoms with E-state index in [9.17, 15) is 8.42 Å². The summed E-state index contributed by atoms with van der Waals surface area (Å²) in [6.45, 7) is 5.78. The van der Waals surface area contributed by atoms with Crippen LogP contribution in [0.25, 0.3) is 11.2 Å². The maximum Gasteiger partial charge on any atom is 0.349 e. The number of fused-ring (bicyclic) bond motifs is 1. The van der Waals surface area contributed by atoms with Crippen molar-refractivity contribution in [1.82, 2.24) is 19.6 Å². The van der Waals surface area contributed by atoms with E-state index in [2.05, 4.69) is 32.2 Å². The Kier molecular flexibility index (Phi) is 6.07. The number of morpholine rings is 1. The molecule has 4 aromatic rings. The molecule has 0 amide bonds. The molecular weight excluding hydrogens is 468 g/mol. The lowest BCUT2D eigenvalue weighted by Crippen LogP contribution is -2.37. The highest BCUT2D eigenvalue weighted by Crippen LogP contribution is 2.28. The molecule has 35 heavy (non-hydrogen) atoms. The third kappa shape index (κ3) is 4.80. The standard InChI is InChI=1S/C24H22N6O4S/c1-17-6-5-8-19(14-17)15-26-30-16-25-21-22(30)27-24(29-10-12-33-13-11-29)28-23(21)34-35(31,32)20-9-4-3-7-18(20)2/h3,5-8,14-16H,10-13H2,1-2H3. The zero-order valence-electron chi connectivity index (χ0n) is 19.2. The van der Waals surface area contributed by atoms with E-state index in [0.717, 1.165) is 11.1 Å². The Labute approximate surface area is 203 Å². The van der Waals surface area contributed by atoms with E-state index >= 15 is 0 Å². The molecule has 0 radical (unpaired) electrons. The van der Waals surface area contributed by atoms with Crippen molar-refractivity contribution in [3.8, 4) is 5.88 Å². The third-order valence-electron chi connectivity index (χ3n) is 5.40. The second-order valence-electron chi connectivity index (χ2n) is 8.00. The van der Waals surface area contributed by atoms with Gasteiger partial charge in [0.2, 0.25) is 5.95 Å². The van der Waals surface area contributed by atoms with Crippen LogP contribution in [-0.2, 0) is 14.9 Å². The van der Waals surface area contributed by atoms with Gasteiger partial charge in [-0.3, -0.25) is 0 Å². The van der Waals surface area contributed by atoms with E-state index in [1.807, 2.05) is 36.1 Å². The number of aromatic nitrogens is 4. The minimum absolute atomic E-state index is 0.114. The number of hydrogen-bond acceptors (Lipinski definition) is 9. The molecule has 0 atom stereocenters. The number of rotatable bonds is 6. The first kappa shape index (κ1) is 22.8. The molecule has 2 aromatic heterocycles. The summed E-state index contributed by atoms with van der Waals surface area (Å²) >= 11 is 0. The summed E-state index contributed by atoms with van der Waals surface area (Å²) < 4.78 is 38.5. The fraction of sp³-hybridized carbons (Fsp3) is 0.250. The normalized spacial score (nSPS) is 14.4. The highest BCUT2D eigenvalue weighted by Gasteiger charge is 2.26. The molecule has 0 bridgehead atoms. The average molecular weight is 491 g/mol. The van der Waals surface area contributed by atoms with Gasteiger partial charge in [-0.15, -0.1) is 0 Å². The summed E-state index contributed by atoms with van der Waals surface area (Å²) in [5.41, 5.74) is 2.98. The van der Waals surface area contributed by atoms with E-state index < -0.39 is 10.1 Å². The number of imidazole rings is 1. The Bertz CT molecular complexity index is 1510. The predicted molar refractivity (Wildman–Crippen MR) is 129 cm³/mol. The number of benzene rings is 1. The van der Waals surface area contributed by atoms with Crippen LogP contribution in [0.2, 0.25) is 0 Å². The number of aryl methyl sites for hydroxylation is 2. The summed E-state index contributed by atoms with van der Waals surface area (Å²) in [6.07, 6.45) is 3.13. The molecule has 1 aliphatic rings. The van der Waals surface area contributed by atoms with Crippen molar-refractivity contribution in [2.24, 2.45) is 5.10 Å². The van der Waals surface area contributed by atoms with Gasteiger partial charge >= 0.3 is 10.1 Å². The maximum atomic E-state index is 13.1. The smallest absolute Gasteiger partial charge is 0.349 e. The van der Waals surface area contributed by atoms with Gasteiger partial charge in [0.1, 0.15) is 6.33 Å². The fourth-order valence-corrected chi connectivity index (χ4v) is 4.69. The molecule has 1 fully saturated rings. The highest BCUT2D eigenvalue weighted by molar-refractivity contribution is 7.87. The molecule has 0 unspecified atom stereocenters. The molecule has 0 saturated carbocycles. The van der Waals surface area contributed by atoms with Crippen LogP contribution in [0.3, 0.4) is 0 Å². The average Bonchev–Trinajstić information content (AvgIpc) is 3.26. The van der Waals surface area contributed by atoms with Gasteiger partial charge in [-0.2, -0.15) is 23.5 Å². The van der Waals surface area contributed by atoms with Crippen LogP contribution in [0, 0.1) is 26.0 Å². The lowest BCUT2D eigenvalue weighted by molar-refractivity contribution is 0.122. The molecule has 1 aliphatic heterocycles. The topological polar surface area (TPSA) is 112 Å². The van der Waals surface area contributed by atoms with Crippen LogP contribution in [0.15, 0.2) is 52.7 Å². The summed E-state index contributed by atoms with van der Waals surface area (Å²) in [5.74, 6) is 0.122. The zero-order chi connectivity index (χ0) is 24.4. The van der Waals surface area contributed by atoms with Crippen molar-refractivity contribution < 1.29 is 17.3 Å². The van der Waals surface area contributed by atoms with E-state index in [-0.39, 0.29) is 16.3 Å². The van der Waals surface area contributed by atoms with Gasteiger partial charge < -0.3 is 13.8 Å². The van der Waals surface area contributed by atoms with Crippen LogP contribution in [-0.4, -0.2) is 60.6 Å². The van der Waals surface area contributed by atoms with E-state index in [0.29, 0.717) is 43.5 Å². The van der Waals surface area contributed by atoms with Crippen molar-refractivity contribution in [3.63, 3.8) is 0 Å². The van der Waals surface area contributed by atoms with Crippen molar-refractivity contribution in [2.45, 2.75) is 18.7 Å². The van der Waals surface area contributed by atoms with Crippen LogP contribution in [0.5, 0.6) is 5.88 Å². The van der Waals surface area contributed by atoms with Crippen molar-refractivity contribution in [3.05, 3.63) is 71.5 Å². The summed E-state index contributed by atoms with van der Waals surface area (Å²) in [6, 6.07) is 16.3. The minimum Gasteiger partial charge on any atom is -0.378 e. The Morgan fingerprint density at radius 3 is 2.77 bits per heavy atom. The maximum absolute atomic E-state index is 13.1. The molecule has 10 nitrogen and oxygen atoms in total. The largest absolute Gasteiger partial charge is 0.378 e. The molecule has 3 heterocycles. The monoisotopic (exact) mass is 490 g/mol. The molecule has 11 heteroatoms. The van der Waals surface area contributed by atoms with Crippen LogP contribution in [0.4, 0.5) is 5.95 Å². The van der Waals surface area contributed by atoms with Crippen LogP contribution in [0.1, 0.15) is 16.7 Å². The number of nitrogens with zero attached hydrogens (tertiary/aromatic N) is 6. The number of hydrogen-bond donors (Lipinski definition) is 0. The van der Waals surface area contributed by atoms with E-state index in [1.165, 1.54) is 11.0 Å². The zero-order valence-corrected chi connectivity index (χ0v) is 20.0. The second-order valence-corrected chi connectivity index (χ2v) is 9.48. The van der Waals surface area contributed by atoms with Gasteiger partial charge in [0.25, 0.3) is 5.88 Å². The quantitative estimate of drug-likeness (QED) is 0.299. The molecule has 0 N–H and O–H groups in total. The first-order valence-electron chi connectivity index (χ1n) is 10.9. The van der Waals surface area contributed by atoms with Gasteiger partial charge in [-0.25, -0.2) is 9.66 Å². The molecule has 0 spiro atoms. The lowest BCUT2D eigenvalue weighted by atomic mass is 10.2. The van der Waals surface area contributed by atoms with Gasteiger partial charge in [-0.05, 0) is 43.2 Å². The molecule has 1 saturated heterocycles. The van der Waals surface area contributed by atoms with Crippen molar-refractivity contribution in [2.75, 3.05) is 31.2 Å². The van der Waals surface area contributed by atoms with Crippen molar-refractivity contribution in [1.29, 1.82) is 0 Å². The SMILES string of the molecule is Cc1cccc(C=Nn2cnc3c(OS(=O)(=O)c4c#cccc4C)nc(N4CCOCC4)nc32)c1. The van der Waals surface area contributed by atoms with E-state index in [4.69, 9.17) is 8.92 Å². The Morgan fingerprint density at radius 2 is 2.00 bits per heavy atom. The second kappa shape index (κ2) is 9.32. The summed E-state index contributed by atoms with van der Waals surface area (Å²) in [4.78, 5) is 15.1. The Balaban J connectivity index is 1.59. The van der Waals surface area contributed by atoms with Gasteiger partial charge in [-0.1, -0.05) is 35.9 Å². The molecular formula is C24H22N6O4S. The van der Waals surface area contributed by atoms with Gasteiger partial charge in [0, 0.05) is 13.1 Å². The summed E-state index contributed by atoms with van der Waals surface area (Å²) in [7, 11) is -4.24. The Morgan fingerprint density at radius 1 is 1.17 bits per heavy atom. The highest BCUT2D eigenvalue weighted by atomic mass is 32.2. The predicted octanol–water partition coefficient (Wildman–Crippen LogP) is 2.53. The molecule has 0 aliphatic carbocycles. The minimum atomic E-state index is -4.24. The number of anilines is 1. The molecule has 5 rings (SSSR count). The lowest BCUT2D eigenvalue weighted by Gasteiger charge is -2.26. The summed E-state index contributed by atoms with van der Waals surface area (Å²) in [5, 5.41) is 4.48. The molecule has 178 valence electrons. The first-order valence-corrected chi connectivity index (χ1v) is 12.3. The number of ether oxygens (including phenoxy) is 1. The van der Waals surface area contributed by atoms with Crippen LogP contribution < -0.4 is 9.08 Å². The van der Waals surface area contributed by atoms with E-state index in [1.54, 1.807) is 25.3 Å². The molecule has 2 aromatic carbocycles. The van der Waals surface area contributed by atoms with Crippen LogP contribution >= 0.6 is 0 Å². The Hall–Kier alpha value is -4.01. The first-order chi connectivity index (χ1) is 16.9. The third-order valence-corrected chi connectivity index (χ3v) is 6.70.